The molecule has 0 aliphatic carbocycles. The first-order valence-corrected chi connectivity index (χ1v) is 9.77. The molecule has 0 unspecified atom stereocenters. The van der Waals surface area contributed by atoms with Crippen LogP contribution in [0.2, 0.25) is 18.1 Å². The first kappa shape index (κ1) is 17.6. The van der Waals surface area contributed by atoms with Gasteiger partial charge in [0.25, 0.3) is 0 Å². The van der Waals surface area contributed by atoms with Crippen molar-refractivity contribution < 1.29 is 9.22 Å². The van der Waals surface area contributed by atoms with E-state index in [2.05, 4.69) is 47.7 Å². The van der Waals surface area contributed by atoms with Crippen LogP contribution in [0.15, 0.2) is 11.6 Å². The zero-order valence-corrected chi connectivity index (χ0v) is 14.3. The second-order valence-corrected chi connectivity index (χ2v) is 11.5. The van der Waals surface area contributed by atoms with E-state index < -0.39 is 8.32 Å². The Kier molecular flexibility index (Phi) is 6.51. The quantitative estimate of drug-likeness (QED) is 0.401. The van der Waals surface area contributed by atoms with E-state index in [-0.39, 0.29) is 17.1 Å². The van der Waals surface area contributed by atoms with Gasteiger partial charge in [-0.2, -0.15) is 0 Å². The van der Waals surface area contributed by atoms with E-state index in [1.165, 1.54) is 0 Å². The molecule has 2 nitrogen and oxygen atoms in total. The second kappa shape index (κ2) is 6.67. The van der Waals surface area contributed by atoms with Crippen molar-refractivity contribution in [1.29, 1.82) is 0 Å². The largest absolute Gasteiger partial charge is 0.413 e. The van der Waals surface area contributed by atoms with Gasteiger partial charge in [-0.1, -0.05) is 40.7 Å². The number of hydrogen-bond acceptors (Lipinski definition) is 2. The van der Waals surface area contributed by atoms with E-state index in [0.717, 1.165) is 18.3 Å². The topological polar surface area (TPSA) is 26.3 Å². The lowest BCUT2D eigenvalue weighted by Crippen LogP contribution is -2.45. The van der Waals surface area contributed by atoms with E-state index in [4.69, 9.17) is 4.43 Å². The normalized spacial score (nSPS) is 17.4. The minimum Gasteiger partial charge on any atom is -0.413 e. The molecule has 0 radical (unpaired) electrons. The Morgan fingerprint density at radius 2 is 1.83 bits per heavy atom. The first-order chi connectivity index (χ1) is 8.05. The Morgan fingerprint density at radius 3 is 2.17 bits per heavy atom. The highest BCUT2D eigenvalue weighted by molar-refractivity contribution is 6.74. The molecule has 0 heterocycles. The summed E-state index contributed by atoms with van der Waals surface area (Å²) in [4.78, 5) is 10.7. The predicted molar refractivity (Wildman–Crippen MR) is 81.3 cm³/mol. The Hall–Kier alpha value is -0.413. The molecular formula is C15H30O2Si. The van der Waals surface area contributed by atoms with E-state index in [1.807, 2.05) is 13.0 Å². The maximum atomic E-state index is 10.7. The van der Waals surface area contributed by atoms with Crippen LogP contribution in [0, 0.1) is 5.92 Å². The number of allylic oxidation sites excluding steroid dienone is 1. The van der Waals surface area contributed by atoms with Gasteiger partial charge in [-0.05, 0) is 43.0 Å². The zero-order chi connectivity index (χ0) is 14.6. The number of aldehydes is 1. The maximum absolute atomic E-state index is 10.7. The molecule has 106 valence electrons. The summed E-state index contributed by atoms with van der Waals surface area (Å²) < 4.78 is 6.44. The molecule has 0 N–H and O–H groups in total. The number of carbonyl (C=O) groups is 1. The van der Waals surface area contributed by atoms with Crippen molar-refractivity contribution in [3.63, 3.8) is 0 Å². The smallest absolute Gasteiger partial charge is 0.192 e. The third-order valence-corrected chi connectivity index (χ3v) is 8.46. The summed E-state index contributed by atoms with van der Waals surface area (Å²) in [7, 11) is -1.73. The van der Waals surface area contributed by atoms with Gasteiger partial charge in [0.1, 0.15) is 6.29 Å². The average molecular weight is 270 g/mol. The van der Waals surface area contributed by atoms with Crippen molar-refractivity contribution in [3.8, 4) is 0 Å². The summed E-state index contributed by atoms with van der Waals surface area (Å²) in [6.07, 6.45) is 4.13. The van der Waals surface area contributed by atoms with Crippen LogP contribution in [-0.4, -0.2) is 20.7 Å². The molecule has 0 fully saturated rings. The van der Waals surface area contributed by atoms with Crippen LogP contribution in [-0.2, 0) is 9.22 Å². The van der Waals surface area contributed by atoms with Gasteiger partial charge in [0.15, 0.2) is 8.32 Å². The van der Waals surface area contributed by atoms with Gasteiger partial charge in [0, 0.05) is 0 Å². The Balaban J connectivity index is 4.87. The average Bonchev–Trinajstić information content (AvgIpc) is 2.23. The number of carbonyl (C=O) groups excluding carboxylic acids is 1. The minimum absolute atomic E-state index is 0.209. The summed E-state index contributed by atoms with van der Waals surface area (Å²) in [5.41, 5.74) is 0.791. The first-order valence-electron chi connectivity index (χ1n) is 6.86. The summed E-state index contributed by atoms with van der Waals surface area (Å²) in [5.74, 6) is 0.286. The van der Waals surface area contributed by atoms with Gasteiger partial charge in [0.2, 0.25) is 0 Å². The molecule has 0 aromatic carbocycles. The van der Waals surface area contributed by atoms with Crippen LogP contribution in [0.5, 0.6) is 0 Å². The van der Waals surface area contributed by atoms with Crippen molar-refractivity contribution in [1.82, 2.24) is 0 Å². The fraction of sp³-hybridized carbons (Fsp3) is 0.800. The third kappa shape index (κ3) is 5.07. The lowest BCUT2D eigenvalue weighted by molar-refractivity contribution is -0.104. The van der Waals surface area contributed by atoms with Gasteiger partial charge in [-0.25, -0.2) is 0 Å². The Bertz CT molecular complexity index is 300. The number of hydrogen-bond donors (Lipinski definition) is 0. The summed E-state index contributed by atoms with van der Waals surface area (Å²) in [5, 5.41) is 0.226. The SMILES string of the molecule is CC[C@@H](O[Si](C)(C)C(C)(C)C)[C@H](C)/C=C(\C)C=O. The lowest BCUT2D eigenvalue weighted by atomic mass is 10.0. The van der Waals surface area contributed by atoms with Gasteiger partial charge >= 0.3 is 0 Å². The van der Waals surface area contributed by atoms with Gasteiger partial charge in [0.05, 0.1) is 6.10 Å². The fourth-order valence-electron chi connectivity index (χ4n) is 1.68. The monoisotopic (exact) mass is 270 g/mol. The zero-order valence-electron chi connectivity index (χ0n) is 13.3. The highest BCUT2D eigenvalue weighted by atomic mass is 28.4. The lowest BCUT2D eigenvalue weighted by Gasteiger charge is -2.40. The molecule has 3 heteroatoms. The molecule has 0 aliphatic heterocycles. The molecule has 0 saturated carbocycles. The van der Waals surface area contributed by atoms with E-state index in [1.54, 1.807) is 0 Å². The Morgan fingerprint density at radius 1 is 1.33 bits per heavy atom. The molecule has 2 atom stereocenters. The molecule has 0 aromatic rings. The summed E-state index contributed by atoms with van der Waals surface area (Å²) in [6, 6.07) is 0. The molecule has 0 spiro atoms. The van der Waals surface area contributed by atoms with Gasteiger partial charge in [-0.15, -0.1) is 0 Å². The van der Waals surface area contributed by atoms with Crippen molar-refractivity contribution >= 4 is 14.6 Å². The molecule has 0 amide bonds. The highest BCUT2D eigenvalue weighted by Gasteiger charge is 2.39. The maximum Gasteiger partial charge on any atom is 0.192 e. The van der Waals surface area contributed by atoms with Gasteiger partial charge in [-0.3, -0.25) is 4.79 Å². The predicted octanol–water partition coefficient (Wildman–Crippen LogP) is 4.57. The highest BCUT2D eigenvalue weighted by Crippen LogP contribution is 2.38. The molecule has 18 heavy (non-hydrogen) atoms. The molecule has 0 saturated heterocycles. The molecule has 0 rings (SSSR count). The van der Waals surface area contributed by atoms with E-state index >= 15 is 0 Å². The van der Waals surface area contributed by atoms with Crippen LogP contribution in [0.3, 0.4) is 0 Å². The van der Waals surface area contributed by atoms with Crippen molar-refractivity contribution in [3.05, 3.63) is 11.6 Å². The molecular weight excluding hydrogens is 240 g/mol. The van der Waals surface area contributed by atoms with Crippen LogP contribution >= 0.6 is 0 Å². The van der Waals surface area contributed by atoms with Crippen LogP contribution in [0.1, 0.15) is 48.0 Å². The summed E-state index contributed by atoms with van der Waals surface area (Å²) >= 11 is 0. The standard InChI is InChI=1S/C15H30O2Si/c1-9-14(13(3)10-12(2)11-16)17-18(7,8)15(4,5)6/h10-11,13-14H,9H2,1-8H3/b12-10+/t13-,14-/m1/s1. The van der Waals surface area contributed by atoms with E-state index in [0.29, 0.717) is 0 Å². The minimum atomic E-state index is -1.73. The van der Waals surface area contributed by atoms with Crippen molar-refractivity contribution in [2.75, 3.05) is 0 Å². The summed E-state index contributed by atoms with van der Waals surface area (Å²) in [6.45, 7) is 17.4. The fourth-order valence-corrected chi connectivity index (χ4v) is 3.17. The van der Waals surface area contributed by atoms with Crippen LogP contribution < -0.4 is 0 Å². The molecule has 0 aliphatic rings. The second-order valence-electron chi connectivity index (χ2n) is 6.71. The van der Waals surface area contributed by atoms with Crippen molar-refractivity contribution in [2.45, 2.75) is 72.2 Å². The van der Waals surface area contributed by atoms with E-state index in [9.17, 15) is 4.79 Å². The Labute approximate surface area is 114 Å². The van der Waals surface area contributed by atoms with Gasteiger partial charge < -0.3 is 4.43 Å². The van der Waals surface area contributed by atoms with Crippen LogP contribution in [0.25, 0.3) is 0 Å². The molecule has 0 bridgehead atoms. The van der Waals surface area contributed by atoms with Crippen LogP contribution in [0.4, 0.5) is 0 Å². The number of rotatable bonds is 6. The third-order valence-electron chi connectivity index (χ3n) is 3.95. The van der Waals surface area contributed by atoms with Crippen molar-refractivity contribution in [2.24, 2.45) is 5.92 Å². The molecule has 0 aromatic heterocycles.